The van der Waals surface area contributed by atoms with Gasteiger partial charge in [-0.2, -0.15) is 0 Å². The molecule has 6 aromatic carbocycles. The lowest BCUT2D eigenvalue weighted by molar-refractivity contribution is 0.125. The average molecular weight is 913 g/mol. The van der Waals surface area contributed by atoms with E-state index >= 15 is 0 Å². The van der Waals surface area contributed by atoms with Crippen LogP contribution < -0.4 is 0 Å². The van der Waals surface area contributed by atoms with E-state index in [9.17, 15) is 0 Å². The van der Waals surface area contributed by atoms with E-state index in [-0.39, 0.29) is 0 Å². The van der Waals surface area contributed by atoms with E-state index in [2.05, 4.69) is 147 Å². The fraction of sp³-hybridized carbons (Fsp3) is 0.387. The zero-order valence-electron chi connectivity index (χ0n) is 39.9. The molecule has 8 aromatic rings. The highest BCUT2D eigenvalue weighted by Gasteiger charge is 2.14. The van der Waals surface area contributed by atoms with Gasteiger partial charge in [0.1, 0.15) is 0 Å². The minimum atomic E-state index is 0.922. The van der Waals surface area contributed by atoms with Crippen molar-refractivity contribution in [1.82, 2.24) is 0 Å². The highest BCUT2D eigenvalue weighted by molar-refractivity contribution is 7.36. The Morgan fingerprint density at radius 3 is 0.939 bits per heavy atom. The average Bonchev–Trinajstić information content (AvgIpc) is 3.90. The molecule has 0 saturated heterocycles. The van der Waals surface area contributed by atoms with Gasteiger partial charge < -0.3 is 9.47 Å². The van der Waals surface area contributed by atoms with E-state index in [0.717, 1.165) is 39.3 Å². The smallest absolute Gasteiger partial charge is 0.0542 e. The van der Waals surface area contributed by atoms with Crippen molar-refractivity contribution in [2.45, 2.75) is 129 Å². The predicted molar refractivity (Wildman–Crippen MR) is 291 cm³/mol. The van der Waals surface area contributed by atoms with Crippen molar-refractivity contribution >= 4 is 52.2 Å². The molecule has 0 N–H and O–H groups in total. The van der Waals surface area contributed by atoms with Crippen LogP contribution in [0.15, 0.2) is 133 Å². The summed E-state index contributed by atoms with van der Waals surface area (Å²) < 4.78 is 17.2. The van der Waals surface area contributed by atoms with E-state index < -0.39 is 0 Å². The van der Waals surface area contributed by atoms with Crippen LogP contribution in [-0.4, -0.2) is 26.4 Å². The van der Waals surface area contributed by atoms with Crippen LogP contribution in [-0.2, 0) is 22.3 Å². The molecule has 344 valence electrons. The summed E-state index contributed by atoms with van der Waals surface area (Å²) in [6.45, 7) is 8.23. The normalized spacial score (nSPS) is 11.7. The van der Waals surface area contributed by atoms with Crippen LogP contribution in [0.2, 0.25) is 0 Å². The molecule has 0 amide bonds. The van der Waals surface area contributed by atoms with E-state index in [0.29, 0.717) is 0 Å². The van der Waals surface area contributed by atoms with Crippen molar-refractivity contribution in [1.29, 1.82) is 0 Å². The Bertz CT molecular complexity index is 2460. The number of benzene rings is 6. The number of fused-ring (bicyclic) bond motifs is 5. The van der Waals surface area contributed by atoms with Crippen LogP contribution in [0.1, 0.15) is 128 Å². The fourth-order valence-corrected chi connectivity index (χ4v) is 12.0. The third-order valence-electron chi connectivity index (χ3n) is 13.4. The molecule has 0 aliphatic carbocycles. The van der Waals surface area contributed by atoms with Gasteiger partial charge in [-0.25, -0.2) is 0 Å². The molecule has 0 bridgehead atoms. The number of hydrogen-bond donors (Lipinski definition) is 0. The predicted octanol–water partition coefficient (Wildman–Crippen LogP) is 19.3. The van der Waals surface area contributed by atoms with Crippen molar-refractivity contribution in [3.63, 3.8) is 0 Å². The highest BCUT2D eigenvalue weighted by Crippen LogP contribution is 2.46. The largest absolute Gasteiger partial charge is 0.381 e. The zero-order chi connectivity index (χ0) is 45.2. The maximum Gasteiger partial charge on any atom is 0.0542 e. The second kappa shape index (κ2) is 25.5. The molecule has 0 radical (unpaired) electrons. The van der Waals surface area contributed by atoms with Crippen LogP contribution in [0.3, 0.4) is 0 Å². The Kier molecular flexibility index (Phi) is 18.5. The number of hydrogen-bond acceptors (Lipinski definition) is 4. The lowest BCUT2D eigenvalue weighted by Gasteiger charge is -2.08. The van der Waals surface area contributed by atoms with E-state index in [1.54, 1.807) is 0 Å². The lowest BCUT2D eigenvalue weighted by atomic mass is 9.98. The SMILES string of the molecule is CCCCCCOCCCCCCc1ccc(-c2ccc(-c3ccc4c(c3)sc3c5ccc(-c6ccc(-c7ccc(CCCCCCOCCCCCC)cc7)cc6)cc5sc43)cc2)cc1. The molecule has 66 heavy (non-hydrogen) atoms. The Morgan fingerprint density at radius 1 is 0.303 bits per heavy atom. The van der Waals surface area contributed by atoms with Crippen molar-refractivity contribution in [2.75, 3.05) is 26.4 Å². The van der Waals surface area contributed by atoms with Crippen LogP contribution in [0.5, 0.6) is 0 Å². The summed E-state index contributed by atoms with van der Waals surface area (Å²) in [7, 11) is 0. The van der Waals surface area contributed by atoms with Crippen LogP contribution in [0, 0.1) is 0 Å². The minimum Gasteiger partial charge on any atom is -0.381 e. The second-order valence-corrected chi connectivity index (χ2v) is 20.6. The third kappa shape index (κ3) is 13.3. The number of aryl methyl sites for hydroxylation is 2. The first kappa shape index (κ1) is 47.9. The molecule has 2 heterocycles. The molecule has 0 fully saturated rings. The number of unbranched alkanes of at least 4 members (excludes halogenated alkanes) is 12. The Labute approximate surface area is 404 Å². The van der Waals surface area contributed by atoms with Crippen molar-refractivity contribution in [3.05, 3.63) is 145 Å². The van der Waals surface area contributed by atoms with Gasteiger partial charge in [0, 0.05) is 46.6 Å². The number of thiophene rings is 2. The summed E-state index contributed by atoms with van der Waals surface area (Å²) >= 11 is 3.87. The van der Waals surface area contributed by atoms with Gasteiger partial charge in [0.05, 0.1) is 9.40 Å². The molecule has 0 saturated carbocycles. The van der Waals surface area contributed by atoms with Gasteiger partial charge >= 0.3 is 0 Å². The molecule has 2 aromatic heterocycles. The summed E-state index contributed by atoms with van der Waals surface area (Å²) in [5.41, 5.74) is 13.1. The summed E-state index contributed by atoms with van der Waals surface area (Å²) in [5.74, 6) is 0. The second-order valence-electron chi connectivity index (χ2n) is 18.5. The summed E-state index contributed by atoms with van der Waals surface area (Å²) in [4.78, 5) is 0. The van der Waals surface area contributed by atoms with Gasteiger partial charge in [-0.05, 0) is 119 Å². The van der Waals surface area contributed by atoms with Crippen LogP contribution in [0.4, 0.5) is 0 Å². The summed E-state index contributed by atoms with van der Waals surface area (Å²) in [6.07, 6.45) is 22.5. The Hall–Kier alpha value is -4.58. The van der Waals surface area contributed by atoms with E-state index in [1.165, 1.54) is 188 Å². The molecule has 0 aliphatic heterocycles. The molecule has 2 nitrogen and oxygen atoms in total. The topological polar surface area (TPSA) is 18.5 Å². The summed E-state index contributed by atoms with van der Waals surface area (Å²) in [6, 6.07) is 50.8. The van der Waals surface area contributed by atoms with Crippen LogP contribution in [0.25, 0.3) is 74.1 Å². The standard InChI is InChI=1S/C62H72O2S2/c1-3-5-7-15-41-63-43-17-11-9-13-19-47-21-25-49(26-22-47)51-29-33-53(34-30-51)55-37-39-57-59(45-55)65-62-58-40-38-56(46-60(58)66-61(57)62)54-35-31-52(32-36-54)50-27-23-48(24-28-50)20-14-10-12-18-44-64-42-16-8-6-4-2/h21-40,45-46H,3-20,41-44H2,1-2H3. The monoisotopic (exact) mass is 912 g/mol. The lowest BCUT2D eigenvalue weighted by Crippen LogP contribution is -1.97. The molecule has 0 unspecified atom stereocenters. The van der Waals surface area contributed by atoms with Gasteiger partial charge in [-0.15, -0.1) is 22.7 Å². The highest BCUT2D eigenvalue weighted by atomic mass is 32.1. The Balaban J connectivity index is 0.807. The number of rotatable bonds is 28. The molecule has 0 spiro atoms. The van der Waals surface area contributed by atoms with Gasteiger partial charge in [0.15, 0.2) is 0 Å². The zero-order valence-corrected chi connectivity index (χ0v) is 41.5. The first-order valence-electron chi connectivity index (χ1n) is 25.6. The van der Waals surface area contributed by atoms with Crippen LogP contribution >= 0.6 is 22.7 Å². The van der Waals surface area contributed by atoms with E-state index in [1.807, 2.05) is 22.7 Å². The molecule has 4 heteroatoms. The quantitative estimate of drug-likeness (QED) is 0.0456. The van der Waals surface area contributed by atoms with Gasteiger partial charge in [0.2, 0.25) is 0 Å². The molecule has 8 rings (SSSR count). The Morgan fingerprint density at radius 2 is 0.591 bits per heavy atom. The first-order valence-corrected chi connectivity index (χ1v) is 27.2. The molecular formula is C62H72O2S2. The van der Waals surface area contributed by atoms with Gasteiger partial charge in [-0.3, -0.25) is 0 Å². The van der Waals surface area contributed by atoms with Crippen molar-refractivity contribution in [2.24, 2.45) is 0 Å². The van der Waals surface area contributed by atoms with Gasteiger partial charge in [-0.1, -0.05) is 199 Å². The summed E-state index contributed by atoms with van der Waals surface area (Å²) in [5, 5.41) is 2.73. The maximum atomic E-state index is 5.81. The molecule has 0 aliphatic rings. The third-order valence-corrected chi connectivity index (χ3v) is 15.9. The van der Waals surface area contributed by atoms with Gasteiger partial charge in [0.25, 0.3) is 0 Å². The number of ether oxygens (including phenoxy) is 2. The first-order chi connectivity index (χ1) is 32.7. The van der Waals surface area contributed by atoms with Crippen molar-refractivity contribution in [3.8, 4) is 44.5 Å². The van der Waals surface area contributed by atoms with Crippen molar-refractivity contribution < 1.29 is 9.47 Å². The minimum absolute atomic E-state index is 0.922. The maximum absolute atomic E-state index is 5.81. The van der Waals surface area contributed by atoms with E-state index in [4.69, 9.17) is 9.47 Å². The molecule has 0 atom stereocenters. The molecular weight excluding hydrogens is 841 g/mol. The fourth-order valence-electron chi connectivity index (χ4n) is 9.29.